The van der Waals surface area contributed by atoms with Crippen molar-refractivity contribution in [2.24, 2.45) is 0 Å². The van der Waals surface area contributed by atoms with Gasteiger partial charge in [-0.05, 0) is 36.6 Å². The molecule has 1 aromatic heterocycles. The molecule has 2 aromatic carbocycles. The van der Waals surface area contributed by atoms with Gasteiger partial charge in [0.2, 0.25) is 0 Å². The number of phenolic OH excluding ortho intramolecular Hbond substituents is 1. The maximum Gasteiger partial charge on any atom is 0.287 e. The largest absolute Gasteiger partial charge is 0.508 e. The van der Waals surface area contributed by atoms with Crippen molar-refractivity contribution < 1.29 is 14.3 Å². The monoisotopic (exact) mass is 378 g/mol. The molecule has 6 heteroatoms. The SMILES string of the molecule is O=C(NC1CCN(Cc2ccccc2)CC1)c1cc(=O)c2cc(O)ccc2o1. The normalized spacial score (nSPS) is 15.6. The maximum atomic E-state index is 12.5. The van der Waals surface area contributed by atoms with Crippen LogP contribution in [0.1, 0.15) is 29.0 Å². The second kappa shape index (κ2) is 7.86. The van der Waals surface area contributed by atoms with E-state index in [-0.39, 0.29) is 39.9 Å². The molecule has 0 spiro atoms. The van der Waals surface area contributed by atoms with Gasteiger partial charge in [-0.1, -0.05) is 30.3 Å². The van der Waals surface area contributed by atoms with E-state index >= 15 is 0 Å². The van der Waals surface area contributed by atoms with Crippen molar-refractivity contribution >= 4 is 16.9 Å². The minimum absolute atomic E-state index is 0.00472. The summed E-state index contributed by atoms with van der Waals surface area (Å²) in [5.74, 6) is -0.400. The number of carbonyl (C=O) groups is 1. The molecule has 0 aliphatic carbocycles. The van der Waals surface area contributed by atoms with Crippen molar-refractivity contribution in [1.29, 1.82) is 0 Å². The van der Waals surface area contributed by atoms with Crippen LogP contribution in [-0.4, -0.2) is 35.0 Å². The van der Waals surface area contributed by atoms with Crippen LogP contribution >= 0.6 is 0 Å². The predicted molar refractivity (Wildman–Crippen MR) is 106 cm³/mol. The molecule has 0 unspecified atom stereocenters. The van der Waals surface area contributed by atoms with Crippen LogP contribution in [0.2, 0.25) is 0 Å². The molecule has 1 aliphatic heterocycles. The van der Waals surface area contributed by atoms with E-state index in [0.717, 1.165) is 32.5 Å². The lowest BCUT2D eigenvalue weighted by Crippen LogP contribution is -2.44. The Morgan fingerprint density at radius 1 is 1.11 bits per heavy atom. The van der Waals surface area contributed by atoms with E-state index in [2.05, 4.69) is 22.3 Å². The molecule has 2 heterocycles. The highest BCUT2D eigenvalue weighted by Crippen LogP contribution is 2.19. The summed E-state index contributed by atoms with van der Waals surface area (Å²) >= 11 is 0. The standard InChI is InChI=1S/C22H22N2O4/c25-17-6-7-20-18(12-17)19(26)13-21(28-20)22(27)23-16-8-10-24(11-9-16)14-15-4-2-1-3-5-15/h1-7,12-13,16,25H,8-11,14H2,(H,23,27). The molecule has 4 rings (SSSR count). The molecule has 0 atom stereocenters. The highest BCUT2D eigenvalue weighted by Gasteiger charge is 2.22. The van der Waals surface area contributed by atoms with Gasteiger partial charge in [-0.2, -0.15) is 0 Å². The quantitative estimate of drug-likeness (QED) is 0.729. The zero-order valence-electron chi connectivity index (χ0n) is 15.4. The summed E-state index contributed by atoms with van der Waals surface area (Å²) in [6, 6.07) is 15.8. The summed E-state index contributed by atoms with van der Waals surface area (Å²) in [6.45, 7) is 2.72. The van der Waals surface area contributed by atoms with Gasteiger partial charge in [-0.3, -0.25) is 14.5 Å². The highest BCUT2D eigenvalue weighted by atomic mass is 16.3. The zero-order chi connectivity index (χ0) is 19.5. The smallest absolute Gasteiger partial charge is 0.287 e. The van der Waals surface area contributed by atoms with Gasteiger partial charge in [0.05, 0.1) is 5.39 Å². The lowest BCUT2D eigenvalue weighted by molar-refractivity contribution is 0.0881. The summed E-state index contributed by atoms with van der Waals surface area (Å²) in [7, 11) is 0. The number of benzene rings is 2. The molecule has 1 amide bonds. The number of likely N-dealkylation sites (tertiary alicyclic amines) is 1. The molecule has 1 aliphatic rings. The van der Waals surface area contributed by atoms with Crippen LogP contribution in [0.4, 0.5) is 0 Å². The Kier molecular flexibility index (Phi) is 5.12. The first-order valence-corrected chi connectivity index (χ1v) is 9.42. The molecule has 6 nitrogen and oxygen atoms in total. The Bertz CT molecular complexity index is 1040. The van der Waals surface area contributed by atoms with E-state index in [9.17, 15) is 14.7 Å². The van der Waals surface area contributed by atoms with Crippen LogP contribution in [0.25, 0.3) is 11.0 Å². The van der Waals surface area contributed by atoms with Gasteiger partial charge in [0.15, 0.2) is 11.2 Å². The third kappa shape index (κ3) is 4.07. The van der Waals surface area contributed by atoms with Crippen molar-refractivity contribution in [3.63, 3.8) is 0 Å². The van der Waals surface area contributed by atoms with Crippen molar-refractivity contribution in [2.45, 2.75) is 25.4 Å². The van der Waals surface area contributed by atoms with Crippen LogP contribution in [0.15, 0.2) is 63.8 Å². The van der Waals surface area contributed by atoms with Crippen molar-refractivity contribution in [3.05, 3.63) is 76.1 Å². The van der Waals surface area contributed by atoms with Gasteiger partial charge in [0, 0.05) is 31.7 Å². The molecule has 144 valence electrons. The van der Waals surface area contributed by atoms with Crippen molar-refractivity contribution in [3.8, 4) is 5.75 Å². The molecule has 0 saturated carbocycles. The molecule has 0 radical (unpaired) electrons. The Labute approximate surface area is 162 Å². The average Bonchev–Trinajstić information content (AvgIpc) is 2.70. The molecule has 2 N–H and O–H groups in total. The molecule has 0 bridgehead atoms. The Morgan fingerprint density at radius 2 is 1.86 bits per heavy atom. The number of amides is 1. The van der Waals surface area contributed by atoms with Crippen LogP contribution in [-0.2, 0) is 6.54 Å². The molecule has 1 fully saturated rings. The topological polar surface area (TPSA) is 82.8 Å². The van der Waals surface area contributed by atoms with Crippen LogP contribution in [0, 0.1) is 0 Å². The lowest BCUT2D eigenvalue weighted by Gasteiger charge is -2.32. The number of piperidine rings is 1. The number of fused-ring (bicyclic) bond motifs is 1. The second-order valence-electron chi connectivity index (χ2n) is 7.16. The van der Waals surface area contributed by atoms with Gasteiger partial charge in [-0.15, -0.1) is 0 Å². The Morgan fingerprint density at radius 3 is 2.61 bits per heavy atom. The summed E-state index contributed by atoms with van der Waals surface area (Å²) in [4.78, 5) is 27.1. The van der Waals surface area contributed by atoms with Gasteiger partial charge in [-0.25, -0.2) is 0 Å². The van der Waals surface area contributed by atoms with Gasteiger partial charge < -0.3 is 14.8 Å². The van der Waals surface area contributed by atoms with E-state index in [0.29, 0.717) is 0 Å². The predicted octanol–water partition coefficient (Wildman–Crippen LogP) is 2.89. The minimum Gasteiger partial charge on any atom is -0.508 e. The fourth-order valence-electron chi connectivity index (χ4n) is 3.59. The molecular formula is C22H22N2O4. The summed E-state index contributed by atoms with van der Waals surface area (Å²) in [6.07, 6.45) is 1.70. The van der Waals surface area contributed by atoms with Gasteiger partial charge in [0.1, 0.15) is 11.3 Å². The first kappa shape index (κ1) is 18.3. The molecule has 1 saturated heterocycles. The number of carbonyl (C=O) groups excluding carboxylic acids is 1. The summed E-state index contributed by atoms with van der Waals surface area (Å²) in [5.41, 5.74) is 1.22. The first-order chi connectivity index (χ1) is 13.6. The van der Waals surface area contributed by atoms with Gasteiger partial charge in [0.25, 0.3) is 5.91 Å². The third-order valence-electron chi connectivity index (χ3n) is 5.11. The van der Waals surface area contributed by atoms with E-state index < -0.39 is 0 Å². The van der Waals surface area contributed by atoms with Crippen LogP contribution in [0.3, 0.4) is 0 Å². The van der Waals surface area contributed by atoms with Crippen molar-refractivity contribution in [1.82, 2.24) is 10.2 Å². The Hall–Kier alpha value is -3.12. The molecular weight excluding hydrogens is 356 g/mol. The van der Waals surface area contributed by atoms with Crippen molar-refractivity contribution in [2.75, 3.05) is 13.1 Å². The molecule has 28 heavy (non-hydrogen) atoms. The third-order valence-corrected chi connectivity index (χ3v) is 5.11. The zero-order valence-corrected chi connectivity index (χ0v) is 15.4. The highest BCUT2D eigenvalue weighted by molar-refractivity contribution is 5.93. The number of hydrogen-bond acceptors (Lipinski definition) is 5. The number of nitrogens with zero attached hydrogens (tertiary/aromatic N) is 1. The fraction of sp³-hybridized carbons (Fsp3) is 0.273. The number of nitrogens with one attached hydrogen (secondary N) is 1. The maximum absolute atomic E-state index is 12.5. The summed E-state index contributed by atoms with van der Waals surface area (Å²) in [5, 5.41) is 12.7. The van der Waals surface area contributed by atoms with E-state index in [1.54, 1.807) is 0 Å². The number of hydrogen-bond donors (Lipinski definition) is 2. The van der Waals surface area contributed by atoms with E-state index in [1.165, 1.54) is 29.8 Å². The number of aromatic hydroxyl groups is 1. The first-order valence-electron chi connectivity index (χ1n) is 9.42. The van der Waals surface area contributed by atoms with Gasteiger partial charge >= 0.3 is 0 Å². The molecule has 3 aromatic rings. The minimum atomic E-state index is -0.381. The fourth-order valence-corrected chi connectivity index (χ4v) is 3.59. The van der Waals surface area contributed by atoms with Crippen LogP contribution < -0.4 is 10.7 Å². The second-order valence-corrected chi connectivity index (χ2v) is 7.16. The Balaban J connectivity index is 1.37. The van der Waals surface area contributed by atoms with E-state index in [4.69, 9.17) is 4.42 Å². The van der Waals surface area contributed by atoms with E-state index in [1.807, 2.05) is 18.2 Å². The average molecular weight is 378 g/mol. The van der Waals surface area contributed by atoms with Crippen LogP contribution in [0.5, 0.6) is 5.75 Å². The lowest BCUT2D eigenvalue weighted by atomic mass is 10.0. The summed E-state index contributed by atoms with van der Waals surface area (Å²) < 4.78 is 5.57. The number of rotatable bonds is 4. The number of phenols is 1.